The van der Waals surface area contributed by atoms with Crippen LogP contribution in [0.15, 0.2) is 17.1 Å². The lowest BCUT2D eigenvalue weighted by Crippen LogP contribution is -2.04. The summed E-state index contributed by atoms with van der Waals surface area (Å²) in [6.45, 7) is 6.95. The Bertz CT molecular complexity index is 1530. The van der Waals surface area contributed by atoms with Gasteiger partial charge in [-0.1, -0.05) is 6.58 Å². The van der Waals surface area contributed by atoms with Crippen molar-refractivity contribution in [1.29, 1.82) is 26.3 Å². The second kappa shape index (κ2) is 7.41. The van der Waals surface area contributed by atoms with E-state index in [1.54, 1.807) is 32.1 Å². The third-order valence-electron chi connectivity index (χ3n) is 4.11. The van der Waals surface area contributed by atoms with Gasteiger partial charge in [-0.25, -0.2) is 24.9 Å². The summed E-state index contributed by atoms with van der Waals surface area (Å²) in [7, 11) is 0. The minimum absolute atomic E-state index is 0.0190. The van der Waals surface area contributed by atoms with Crippen molar-refractivity contribution in [3.05, 3.63) is 40.5 Å². The highest BCUT2D eigenvalue weighted by Gasteiger charge is 2.21. The summed E-state index contributed by atoms with van der Waals surface area (Å²) in [5, 5.41) is 46.6. The van der Waals surface area contributed by atoms with Gasteiger partial charge < -0.3 is 0 Å². The summed E-state index contributed by atoms with van der Waals surface area (Å²) in [4.78, 5) is 21.1. The SMILES string of the molecule is C=C(C)C(C#N)=Nc1c(C)c2nc(C#N)c(C#N)nc2c2nc(C#N)c(C#N)nc12. The molecule has 0 saturated heterocycles. The normalized spacial score (nSPS) is 10.5. The van der Waals surface area contributed by atoms with Crippen molar-refractivity contribution in [2.24, 2.45) is 4.99 Å². The highest BCUT2D eigenvalue weighted by molar-refractivity contribution is 6.15. The van der Waals surface area contributed by atoms with Gasteiger partial charge in [-0.15, -0.1) is 0 Å². The molecule has 0 spiro atoms. The molecule has 0 bridgehead atoms. The van der Waals surface area contributed by atoms with Crippen LogP contribution in [0.5, 0.6) is 0 Å². The fraction of sp³-hybridized carbons (Fsp3) is 0.100. The molecule has 0 aliphatic rings. The zero-order valence-electron chi connectivity index (χ0n) is 15.7. The van der Waals surface area contributed by atoms with E-state index in [-0.39, 0.29) is 56.2 Å². The van der Waals surface area contributed by atoms with Gasteiger partial charge in [0, 0.05) is 5.56 Å². The number of aryl methyl sites for hydroxylation is 1. The van der Waals surface area contributed by atoms with Crippen LogP contribution >= 0.6 is 0 Å². The van der Waals surface area contributed by atoms with Gasteiger partial charge in [0.15, 0.2) is 22.8 Å². The zero-order chi connectivity index (χ0) is 22.0. The van der Waals surface area contributed by atoms with E-state index >= 15 is 0 Å². The van der Waals surface area contributed by atoms with E-state index in [4.69, 9.17) is 0 Å². The van der Waals surface area contributed by atoms with Crippen LogP contribution in [-0.4, -0.2) is 25.6 Å². The van der Waals surface area contributed by atoms with Gasteiger partial charge in [0.25, 0.3) is 0 Å². The van der Waals surface area contributed by atoms with Crippen LogP contribution in [-0.2, 0) is 0 Å². The van der Waals surface area contributed by atoms with Crippen LogP contribution < -0.4 is 0 Å². The Morgan fingerprint density at radius 1 is 0.733 bits per heavy atom. The van der Waals surface area contributed by atoms with Crippen LogP contribution in [0, 0.1) is 63.6 Å². The monoisotopic (exact) mass is 388 g/mol. The predicted molar refractivity (Wildman–Crippen MR) is 104 cm³/mol. The largest absolute Gasteiger partial charge is 0.235 e. The Morgan fingerprint density at radius 3 is 1.53 bits per heavy atom. The molecule has 1 aromatic carbocycles. The lowest BCUT2D eigenvalue weighted by atomic mass is 10.1. The van der Waals surface area contributed by atoms with E-state index in [2.05, 4.69) is 31.5 Å². The van der Waals surface area contributed by atoms with Crippen molar-refractivity contribution in [2.45, 2.75) is 13.8 Å². The third kappa shape index (κ3) is 2.92. The minimum Gasteiger partial charge on any atom is -0.235 e. The summed E-state index contributed by atoms with van der Waals surface area (Å²) >= 11 is 0. The molecule has 0 amide bonds. The Kier molecular flexibility index (Phi) is 4.82. The number of rotatable bonds is 2. The molecule has 0 N–H and O–H groups in total. The van der Waals surface area contributed by atoms with Gasteiger partial charge >= 0.3 is 0 Å². The van der Waals surface area contributed by atoms with Gasteiger partial charge in [-0.05, 0) is 19.4 Å². The molecule has 10 nitrogen and oxygen atoms in total. The Labute approximate surface area is 169 Å². The number of aromatic nitrogens is 4. The van der Waals surface area contributed by atoms with E-state index < -0.39 is 0 Å². The van der Waals surface area contributed by atoms with Crippen LogP contribution in [0.4, 0.5) is 5.69 Å². The number of benzene rings is 1. The van der Waals surface area contributed by atoms with E-state index in [9.17, 15) is 26.3 Å². The fourth-order valence-corrected chi connectivity index (χ4v) is 2.69. The topological polar surface area (TPSA) is 183 Å². The van der Waals surface area contributed by atoms with E-state index in [1.165, 1.54) is 0 Å². The molecule has 3 aromatic rings. The molecule has 0 fully saturated rings. The van der Waals surface area contributed by atoms with Gasteiger partial charge in [0.1, 0.15) is 52.6 Å². The highest BCUT2D eigenvalue weighted by atomic mass is 14.9. The second-order valence-electron chi connectivity index (χ2n) is 6.01. The summed E-state index contributed by atoms with van der Waals surface area (Å²) in [6.07, 6.45) is 0. The fourth-order valence-electron chi connectivity index (χ4n) is 2.69. The lowest BCUT2D eigenvalue weighted by Gasteiger charge is -2.11. The third-order valence-corrected chi connectivity index (χ3v) is 4.11. The van der Waals surface area contributed by atoms with E-state index in [1.807, 2.05) is 12.1 Å². The molecule has 0 saturated carbocycles. The van der Waals surface area contributed by atoms with E-state index in [0.717, 1.165) is 0 Å². The number of nitrogens with zero attached hydrogens (tertiary/aromatic N) is 10. The summed E-state index contributed by atoms with van der Waals surface area (Å²) in [5.41, 5.74) is 0.628. The molecule has 0 atom stereocenters. The number of aliphatic imine (C=N–C) groups is 1. The van der Waals surface area contributed by atoms with Crippen LogP contribution in [0.3, 0.4) is 0 Å². The van der Waals surface area contributed by atoms with Crippen molar-refractivity contribution < 1.29 is 0 Å². The van der Waals surface area contributed by atoms with Gasteiger partial charge in [0.2, 0.25) is 0 Å². The first-order valence-electron chi connectivity index (χ1n) is 8.21. The van der Waals surface area contributed by atoms with Crippen molar-refractivity contribution in [1.82, 2.24) is 19.9 Å². The molecule has 0 aliphatic heterocycles. The lowest BCUT2D eigenvalue weighted by molar-refractivity contribution is 1.16. The molecule has 0 radical (unpaired) electrons. The molecule has 2 heterocycles. The Morgan fingerprint density at radius 2 is 1.13 bits per heavy atom. The van der Waals surface area contributed by atoms with E-state index in [0.29, 0.717) is 11.1 Å². The van der Waals surface area contributed by atoms with Crippen molar-refractivity contribution in [2.75, 3.05) is 0 Å². The second-order valence-corrected chi connectivity index (χ2v) is 6.01. The molecule has 2 aromatic heterocycles. The molecular weight excluding hydrogens is 380 g/mol. The summed E-state index contributed by atoms with van der Waals surface area (Å²) in [5.74, 6) is 0. The van der Waals surface area contributed by atoms with Gasteiger partial charge in [0.05, 0.1) is 11.2 Å². The molecular formula is C20H8N10. The first-order valence-corrected chi connectivity index (χ1v) is 8.21. The molecule has 10 heteroatoms. The number of hydrogen-bond donors (Lipinski definition) is 0. The minimum atomic E-state index is -0.241. The molecule has 30 heavy (non-hydrogen) atoms. The number of allylic oxidation sites excluding steroid dienone is 1. The number of fused-ring (bicyclic) bond motifs is 3. The van der Waals surface area contributed by atoms with Crippen LogP contribution in [0.1, 0.15) is 35.3 Å². The maximum absolute atomic E-state index is 9.39. The molecule has 0 unspecified atom stereocenters. The highest BCUT2D eigenvalue weighted by Crippen LogP contribution is 2.35. The molecule has 138 valence electrons. The quantitative estimate of drug-likeness (QED) is 0.470. The number of nitriles is 5. The van der Waals surface area contributed by atoms with Crippen molar-refractivity contribution >= 4 is 33.5 Å². The number of hydrogen-bond acceptors (Lipinski definition) is 10. The smallest absolute Gasteiger partial charge is 0.177 e. The van der Waals surface area contributed by atoms with Crippen LogP contribution in [0.2, 0.25) is 0 Å². The molecule has 0 aliphatic carbocycles. The average Bonchev–Trinajstić information content (AvgIpc) is 2.76. The summed E-state index contributed by atoms with van der Waals surface area (Å²) in [6, 6.07) is 9.15. The standard InChI is InChI=1S/C20H8N10/c1-9(2)11(4-21)26-16-10(3)17-19(28-13(6-23)12(5-22)27-17)20-18(16)29-14(7-24)15(8-25)30-20/h1H2,2-3H3. The van der Waals surface area contributed by atoms with Crippen molar-refractivity contribution in [3.8, 4) is 30.3 Å². The Hall–Kier alpha value is -5.24. The van der Waals surface area contributed by atoms with Gasteiger partial charge in [-0.2, -0.15) is 26.3 Å². The predicted octanol–water partition coefficient (Wildman–Crippen LogP) is 2.54. The maximum Gasteiger partial charge on any atom is 0.177 e. The first kappa shape index (κ1) is 19.5. The summed E-state index contributed by atoms with van der Waals surface area (Å²) < 4.78 is 0. The van der Waals surface area contributed by atoms with Crippen LogP contribution in [0.25, 0.3) is 22.1 Å². The Balaban J connectivity index is 2.68. The maximum atomic E-state index is 9.39. The molecule has 3 rings (SSSR count). The average molecular weight is 388 g/mol. The van der Waals surface area contributed by atoms with Crippen molar-refractivity contribution in [3.63, 3.8) is 0 Å². The first-order chi connectivity index (χ1) is 14.4. The zero-order valence-corrected chi connectivity index (χ0v) is 15.7. The van der Waals surface area contributed by atoms with Gasteiger partial charge in [-0.3, -0.25) is 0 Å².